The number of nitrogens with zero attached hydrogens (tertiary/aromatic N) is 4. The molecule has 1 aromatic heterocycles. The van der Waals surface area contributed by atoms with Crippen molar-refractivity contribution in [3.05, 3.63) is 42.1 Å². The van der Waals surface area contributed by atoms with Crippen molar-refractivity contribution in [1.29, 1.82) is 0 Å². The number of methoxy groups -OCH3 is 1. The van der Waals surface area contributed by atoms with Gasteiger partial charge in [-0.1, -0.05) is 12.1 Å². The summed E-state index contributed by atoms with van der Waals surface area (Å²) in [6.45, 7) is 2.40. The number of benzene rings is 1. The van der Waals surface area contributed by atoms with E-state index >= 15 is 0 Å². The maximum Gasteiger partial charge on any atom is 0.228 e. The molecule has 1 aliphatic rings. The van der Waals surface area contributed by atoms with E-state index in [4.69, 9.17) is 9.47 Å². The number of hydrogen-bond donors (Lipinski definition) is 0. The zero-order valence-electron chi connectivity index (χ0n) is 15.2. The molecule has 2 aromatic rings. The van der Waals surface area contributed by atoms with Crippen molar-refractivity contribution in [3.63, 3.8) is 0 Å². The fourth-order valence-corrected chi connectivity index (χ4v) is 3.07. The van der Waals surface area contributed by atoms with Crippen LogP contribution in [0, 0.1) is 0 Å². The van der Waals surface area contributed by atoms with Crippen LogP contribution in [0.5, 0.6) is 11.6 Å². The van der Waals surface area contributed by atoms with Gasteiger partial charge < -0.3 is 19.3 Å². The molecule has 25 heavy (non-hydrogen) atoms. The minimum atomic E-state index is 0.455. The van der Waals surface area contributed by atoms with E-state index in [-0.39, 0.29) is 0 Å². The lowest BCUT2D eigenvalue weighted by molar-refractivity contribution is 0.248. The van der Waals surface area contributed by atoms with Crippen molar-refractivity contribution in [3.8, 4) is 11.6 Å². The summed E-state index contributed by atoms with van der Waals surface area (Å²) in [5, 5.41) is 0. The minimum absolute atomic E-state index is 0.455. The first-order chi connectivity index (χ1) is 12.2. The summed E-state index contributed by atoms with van der Waals surface area (Å²) in [5.74, 6) is 2.18. The molecule has 1 aromatic carbocycles. The van der Waals surface area contributed by atoms with E-state index in [0.29, 0.717) is 18.5 Å². The van der Waals surface area contributed by atoms with Crippen LogP contribution in [0.4, 0.5) is 5.95 Å². The lowest BCUT2D eigenvalue weighted by Gasteiger charge is -2.35. The Morgan fingerprint density at radius 1 is 1.20 bits per heavy atom. The Labute approximate surface area is 149 Å². The van der Waals surface area contributed by atoms with Gasteiger partial charge >= 0.3 is 0 Å². The van der Waals surface area contributed by atoms with Crippen molar-refractivity contribution in [1.82, 2.24) is 14.9 Å². The molecule has 0 aliphatic carbocycles. The van der Waals surface area contributed by atoms with Gasteiger partial charge in [-0.25, -0.2) is 4.98 Å². The minimum Gasteiger partial charge on any atom is -0.497 e. The van der Waals surface area contributed by atoms with Crippen molar-refractivity contribution >= 4 is 5.95 Å². The van der Waals surface area contributed by atoms with E-state index in [1.807, 2.05) is 24.3 Å². The van der Waals surface area contributed by atoms with Crippen LogP contribution in [0.15, 0.2) is 36.5 Å². The Hall–Kier alpha value is -2.34. The number of hydrogen-bond acceptors (Lipinski definition) is 6. The van der Waals surface area contributed by atoms with E-state index in [0.717, 1.165) is 43.2 Å². The number of piperidine rings is 1. The second kappa shape index (κ2) is 8.16. The summed E-state index contributed by atoms with van der Waals surface area (Å²) in [5.41, 5.74) is 1.05. The van der Waals surface area contributed by atoms with Crippen molar-refractivity contribution in [2.75, 3.05) is 39.2 Å². The topological polar surface area (TPSA) is 50.7 Å². The number of aromatic nitrogens is 2. The zero-order chi connectivity index (χ0) is 17.6. The van der Waals surface area contributed by atoms with Gasteiger partial charge in [0, 0.05) is 31.4 Å². The molecular formula is C19H26N4O2. The van der Waals surface area contributed by atoms with Crippen LogP contribution < -0.4 is 14.4 Å². The van der Waals surface area contributed by atoms with E-state index in [2.05, 4.69) is 33.9 Å². The van der Waals surface area contributed by atoms with Crippen LogP contribution in [-0.2, 0) is 6.61 Å². The molecule has 1 saturated heterocycles. The third-order valence-corrected chi connectivity index (χ3v) is 4.62. The Kier molecular flexibility index (Phi) is 5.71. The molecule has 0 atom stereocenters. The van der Waals surface area contributed by atoms with E-state index in [9.17, 15) is 0 Å². The molecule has 0 radical (unpaired) electrons. The average Bonchev–Trinajstić information content (AvgIpc) is 2.67. The zero-order valence-corrected chi connectivity index (χ0v) is 15.2. The van der Waals surface area contributed by atoms with Gasteiger partial charge in [-0.05, 0) is 44.6 Å². The quantitative estimate of drug-likeness (QED) is 0.804. The SMILES string of the molecule is COc1cccc(COc2ccnc(N3CCC(N(C)C)CC3)n2)c1. The van der Waals surface area contributed by atoms with Gasteiger partial charge in [0.25, 0.3) is 0 Å². The predicted octanol–water partition coefficient (Wildman–Crippen LogP) is 2.59. The first-order valence-corrected chi connectivity index (χ1v) is 8.66. The third kappa shape index (κ3) is 4.60. The smallest absolute Gasteiger partial charge is 0.228 e. The van der Waals surface area contributed by atoms with Crippen molar-refractivity contribution in [2.45, 2.75) is 25.5 Å². The molecule has 0 unspecified atom stereocenters. The highest BCUT2D eigenvalue weighted by Gasteiger charge is 2.22. The second-order valence-corrected chi connectivity index (χ2v) is 6.52. The molecule has 0 spiro atoms. The second-order valence-electron chi connectivity index (χ2n) is 6.52. The Balaban J connectivity index is 1.60. The van der Waals surface area contributed by atoms with Gasteiger partial charge in [0.2, 0.25) is 11.8 Å². The molecule has 0 bridgehead atoms. The van der Waals surface area contributed by atoms with Gasteiger partial charge in [0.15, 0.2) is 0 Å². The summed E-state index contributed by atoms with van der Waals surface area (Å²) in [6.07, 6.45) is 4.03. The fourth-order valence-electron chi connectivity index (χ4n) is 3.07. The molecule has 1 aliphatic heterocycles. The number of ether oxygens (including phenoxy) is 2. The van der Waals surface area contributed by atoms with E-state index < -0.39 is 0 Å². The normalized spacial score (nSPS) is 15.4. The van der Waals surface area contributed by atoms with Crippen LogP contribution in [0.1, 0.15) is 18.4 Å². The van der Waals surface area contributed by atoms with Gasteiger partial charge in [-0.2, -0.15) is 4.98 Å². The van der Waals surface area contributed by atoms with Gasteiger partial charge in [0.1, 0.15) is 12.4 Å². The van der Waals surface area contributed by atoms with E-state index in [1.165, 1.54) is 0 Å². The molecule has 6 heteroatoms. The number of anilines is 1. The van der Waals surface area contributed by atoms with Gasteiger partial charge in [-0.15, -0.1) is 0 Å². The fraction of sp³-hybridized carbons (Fsp3) is 0.474. The molecule has 0 amide bonds. The maximum atomic E-state index is 5.84. The monoisotopic (exact) mass is 342 g/mol. The highest BCUT2D eigenvalue weighted by molar-refractivity contribution is 5.33. The lowest BCUT2D eigenvalue weighted by Crippen LogP contribution is -2.42. The van der Waals surface area contributed by atoms with Crippen molar-refractivity contribution in [2.24, 2.45) is 0 Å². The summed E-state index contributed by atoms with van der Waals surface area (Å²) in [6, 6.07) is 10.3. The van der Waals surface area contributed by atoms with Gasteiger partial charge in [-0.3, -0.25) is 0 Å². The molecule has 134 valence electrons. The molecular weight excluding hydrogens is 316 g/mol. The molecule has 6 nitrogen and oxygen atoms in total. The standard InChI is InChI=1S/C19H26N4O2/c1-22(2)16-8-11-23(12-9-16)19-20-10-7-18(21-19)25-14-15-5-4-6-17(13-15)24-3/h4-7,10,13,16H,8-9,11-12,14H2,1-3H3. The van der Waals surface area contributed by atoms with E-state index in [1.54, 1.807) is 19.4 Å². The van der Waals surface area contributed by atoms with Crippen LogP contribution >= 0.6 is 0 Å². The molecule has 2 heterocycles. The van der Waals surface area contributed by atoms with Crippen molar-refractivity contribution < 1.29 is 9.47 Å². The predicted molar refractivity (Wildman–Crippen MR) is 98.3 cm³/mol. The Morgan fingerprint density at radius 2 is 2.00 bits per heavy atom. The van der Waals surface area contributed by atoms with Crippen LogP contribution in [-0.4, -0.2) is 55.2 Å². The maximum absolute atomic E-state index is 5.84. The first-order valence-electron chi connectivity index (χ1n) is 8.66. The average molecular weight is 342 g/mol. The first kappa shape index (κ1) is 17.5. The largest absolute Gasteiger partial charge is 0.497 e. The lowest BCUT2D eigenvalue weighted by atomic mass is 10.0. The summed E-state index contributed by atoms with van der Waals surface area (Å²) in [7, 11) is 5.95. The van der Waals surface area contributed by atoms with Crippen LogP contribution in [0.3, 0.4) is 0 Å². The van der Waals surface area contributed by atoms with Gasteiger partial charge in [0.05, 0.1) is 7.11 Å². The molecule has 3 rings (SSSR count). The van der Waals surface area contributed by atoms with Crippen LogP contribution in [0.2, 0.25) is 0 Å². The Bertz CT molecular complexity index is 685. The number of rotatable bonds is 6. The molecule has 0 N–H and O–H groups in total. The third-order valence-electron chi connectivity index (χ3n) is 4.62. The molecule has 1 fully saturated rings. The highest BCUT2D eigenvalue weighted by Crippen LogP contribution is 2.21. The molecule has 0 saturated carbocycles. The summed E-state index contributed by atoms with van der Waals surface area (Å²) < 4.78 is 11.1. The highest BCUT2D eigenvalue weighted by atomic mass is 16.5. The summed E-state index contributed by atoms with van der Waals surface area (Å²) in [4.78, 5) is 13.5. The summed E-state index contributed by atoms with van der Waals surface area (Å²) >= 11 is 0. The van der Waals surface area contributed by atoms with Crippen LogP contribution in [0.25, 0.3) is 0 Å². The Morgan fingerprint density at radius 3 is 2.72 bits per heavy atom.